The average molecular weight is 1780 g/mol. The lowest BCUT2D eigenvalue weighted by molar-refractivity contribution is -0.147. The van der Waals surface area contributed by atoms with E-state index in [-0.39, 0.29) is 86.2 Å². The van der Waals surface area contributed by atoms with Crippen molar-refractivity contribution in [2.45, 2.75) is 101 Å². The minimum Gasteiger partial charge on any atom is -0.501 e. The van der Waals surface area contributed by atoms with E-state index in [1.807, 2.05) is 200 Å². The van der Waals surface area contributed by atoms with Gasteiger partial charge in [0.1, 0.15) is 106 Å². The number of hydrogen-bond donors (Lipinski definition) is 0. The molecule has 9 aromatic rings. The molecule has 1 fully saturated rings. The number of carbonyl (C=O) groups is 5. The molecular weight excluding hydrogens is 1670 g/mol. The summed E-state index contributed by atoms with van der Waals surface area (Å²) in [5.74, 6) is 8.09. The number of epoxide rings is 1. The lowest BCUT2D eigenvalue weighted by atomic mass is 10.0. The molecule has 0 radical (unpaired) electrons. The Kier molecular flexibility index (Phi) is 36.5. The average Bonchev–Trinajstić information content (AvgIpc) is 1.62. The van der Waals surface area contributed by atoms with Crippen LogP contribution in [-0.2, 0) is 88.9 Å². The summed E-state index contributed by atoms with van der Waals surface area (Å²) in [4.78, 5) is 79.2. The van der Waals surface area contributed by atoms with Crippen LogP contribution in [0.1, 0.15) is 102 Å². The largest absolute Gasteiger partial charge is 0.501 e. The van der Waals surface area contributed by atoms with Crippen LogP contribution < -0.4 is 49.1 Å². The van der Waals surface area contributed by atoms with Gasteiger partial charge in [-0.15, -0.1) is 0 Å². The van der Waals surface area contributed by atoms with E-state index in [1.165, 1.54) is 62.3 Å². The third-order valence-electron chi connectivity index (χ3n) is 20.3. The standard InChI is InChI=1S/2C15H16O5.C15H14O5.C15H14O4.C14H16O3.C14H14O3.C14H12O3/c1-17-10-5-3-9(4-6-10)14-15(20-14)12-7-11(18-2)8-13(16)19-12;2*1-17-12-7-11(20-15(16)8-12)4-2-10-3-5-13-14(6-10)19-9-18-13;1-17-12-6-3-11(4-7-12)5-8-13-9-14(18-2)10-15(16)19-13;3*1-16-13-9-12(17-14(15)10-13)8-7-11-5-3-2-4-6-11/h3-6,8,12,14-15H,7H2,1-2H3;3,5-6,8,11H,2,4,7,9H2,1H3;2-6,8,11H,7,9H2,1H3;3-10H,1-2H3;2-6,10,12H,7-9H2,1H3;2-8,10,12H,9H2,1H3;2-10H,1H3/b;;4-2+;8-5+;;2*8-7+. The summed E-state index contributed by atoms with van der Waals surface area (Å²) < 4.78 is 109. The van der Waals surface area contributed by atoms with Crippen molar-refractivity contribution in [2.24, 2.45) is 0 Å². The molecule has 0 spiro atoms. The highest BCUT2D eigenvalue weighted by atomic mass is 16.7. The fourth-order valence-corrected chi connectivity index (χ4v) is 13.4. The van der Waals surface area contributed by atoms with Gasteiger partial charge in [-0.3, -0.25) is 0 Å². The summed E-state index contributed by atoms with van der Waals surface area (Å²) in [6.45, 7) is 0.533. The molecule has 7 atom stereocenters. The van der Waals surface area contributed by atoms with Crippen molar-refractivity contribution in [1.82, 2.24) is 0 Å². The van der Waals surface area contributed by atoms with E-state index in [0.717, 1.165) is 93.6 Å². The molecule has 678 valence electrons. The zero-order valence-electron chi connectivity index (χ0n) is 73.3. The Bertz CT molecular complexity index is 5660. The van der Waals surface area contributed by atoms with Gasteiger partial charge >= 0.3 is 41.1 Å². The third kappa shape index (κ3) is 31.1. The first kappa shape index (κ1) is 95.5. The Balaban J connectivity index is 0.000000147. The highest BCUT2D eigenvalue weighted by Crippen LogP contribution is 2.45. The summed E-state index contributed by atoms with van der Waals surface area (Å²) >= 11 is 0. The number of ether oxygens (including phenoxy) is 19. The molecule has 17 rings (SSSR count). The van der Waals surface area contributed by atoms with Crippen LogP contribution in [0.15, 0.2) is 290 Å². The molecule has 7 aromatic carbocycles. The Morgan fingerprint density at radius 3 is 1.18 bits per heavy atom. The summed E-state index contributed by atoms with van der Waals surface area (Å²) in [7, 11) is 14.1. The topological polar surface area (TPSA) is 324 Å². The number of hydrogen-bond acceptors (Lipinski definition) is 28. The summed E-state index contributed by atoms with van der Waals surface area (Å²) in [6.07, 6.45) is 26.8. The molecule has 28 nitrogen and oxygen atoms in total. The second-order valence-electron chi connectivity index (χ2n) is 29.2. The zero-order valence-corrected chi connectivity index (χ0v) is 73.3. The van der Waals surface area contributed by atoms with Crippen LogP contribution in [-0.4, -0.2) is 144 Å². The van der Waals surface area contributed by atoms with Crippen LogP contribution in [0.25, 0.3) is 36.5 Å². The van der Waals surface area contributed by atoms with Gasteiger partial charge in [-0.2, -0.15) is 0 Å². The van der Waals surface area contributed by atoms with E-state index in [4.69, 9.17) is 98.8 Å². The van der Waals surface area contributed by atoms with Crippen molar-refractivity contribution in [3.8, 4) is 46.0 Å². The molecule has 1 saturated heterocycles. The summed E-state index contributed by atoms with van der Waals surface area (Å²) in [5.41, 5.74) is 6.65. The van der Waals surface area contributed by atoms with Crippen molar-refractivity contribution in [1.29, 1.82) is 0 Å². The minimum atomic E-state index is -0.436. The predicted octanol–water partition coefficient (Wildman–Crippen LogP) is 17.1. The lowest BCUT2D eigenvalue weighted by Crippen LogP contribution is -2.28. The molecule has 8 aliphatic rings. The number of fused-ring (bicyclic) bond motifs is 2. The number of methoxy groups -OCH3 is 9. The molecule has 28 heteroatoms. The highest BCUT2D eigenvalue weighted by molar-refractivity contribution is 5.86. The molecule has 8 aliphatic heterocycles. The van der Waals surface area contributed by atoms with Crippen LogP contribution in [0.2, 0.25) is 0 Å². The molecule has 7 unspecified atom stereocenters. The van der Waals surface area contributed by atoms with Crippen molar-refractivity contribution in [2.75, 3.05) is 77.6 Å². The highest BCUT2D eigenvalue weighted by Gasteiger charge is 2.49. The fraction of sp³-hybridized carbons (Fsp3) is 0.265. The van der Waals surface area contributed by atoms with Crippen LogP contribution in [0, 0.1) is 0 Å². The first-order valence-corrected chi connectivity index (χ1v) is 41.5. The Morgan fingerprint density at radius 1 is 0.315 bits per heavy atom. The Morgan fingerprint density at radius 2 is 0.700 bits per heavy atom. The fourth-order valence-electron chi connectivity index (χ4n) is 13.4. The first-order chi connectivity index (χ1) is 63.2. The molecule has 0 saturated carbocycles. The smallest absolute Gasteiger partial charge is 0.339 e. The summed E-state index contributed by atoms with van der Waals surface area (Å²) in [5, 5.41) is 0. The van der Waals surface area contributed by atoms with Gasteiger partial charge in [0.15, 0.2) is 23.0 Å². The number of carbonyl (C=O) groups excluding carboxylic acids is 5. The molecule has 2 aromatic heterocycles. The van der Waals surface area contributed by atoms with Gasteiger partial charge < -0.3 is 98.8 Å². The van der Waals surface area contributed by atoms with Crippen molar-refractivity contribution in [3.63, 3.8) is 0 Å². The van der Waals surface area contributed by atoms with E-state index in [9.17, 15) is 33.6 Å². The monoisotopic (exact) mass is 1770 g/mol. The van der Waals surface area contributed by atoms with Crippen LogP contribution >= 0.6 is 0 Å². The maximum atomic E-state index is 11.5. The number of aryl methyl sites for hydroxylation is 2. The van der Waals surface area contributed by atoms with Gasteiger partial charge in [0.05, 0.1) is 107 Å². The normalized spacial score (nSPS) is 18.8. The molecule has 0 bridgehead atoms. The zero-order chi connectivity index (χ0) is 91.9. The summed E-state index contributed by atoms with van der Waals surface area (Å²) in [6, 6.07) is 62.6. The van der Waals surface area contributed by atoms with Crippen molar-refractivity contribution >= 4 is 66.3 Å². The van der Waals surface area contributed by atoms with Gasteiger partial charge in [-0.05, 0) is 137 Å². The van der Waals surface area contributed by atoms with E-state index in [0.29, 0.717) is 83.9 Å². The van der Waals surface area contributed by atoms with Crippen molar-refractivity contribution < 1.29 is 123 Å². The molecule has 0 amide bonds. The maximum absolute atomic E-state index is 11.5. The maximum Gasteiger partial charge on any atom is 0.339 e. The lowest BCUT2D eigenvalue weighted by Gasteiger charge is -2.22. The van der Waals surface area contributed by atoms with E-state index in [1.54, 1.807) is 74.1 Å². The predicted molar refractivity (Wildman–Crippen MR) is 482 cm³/mol. The van der Waals surface area contributed by atoms with Crippen LogP contribution in [0.3, 0.4) is 0 Å². The minimum absolute atomic E-state index is 0.0325. The van der Waals surface area contributed by atoms with Gasteiger partial charge in [0.2, 0.25) is 13.6 Å². The van der Waals surface area contributed by atoms with Gasteiger partial charge in [0.25, 0.3) is 0 Å². The number of benzene rings is 7. The number of cyclic esters (lactones) is 5. The Hall–Kier alpha value is -15.2. The SMILES string of the molecule is COC1=CC(=O)OC(/C=C/c2ccc3c(c2)OCO3)C1.COC1=CC(=O)OC(/C=C/c2ccccc2)C1.COC1=CC(=O)OC(C2OC2c2ccc(OC)cc2)C1.COC1=CC(=O)OC(CCc2ccc3c(c2)OCO3)C1.COC1=CC(=O)OC(CCc2ccccc2)C1.COc1cc(/C=C/c2ccccc2)oc(=O)c1.COc1ccc(/C=C/c2cc(OC)cc(=O)o2)cc1. The van der Waals surface area contributed by atoms with E-state index < -0.39 is 11.3 Å². The first-order valence-electron chi connectivity index (χ1n) is 41.5. The quantitative estimate of drug-likeness (QED) is 0.0291. The number of rotatable bonds is 25. The molecule has 0 N–H and O–H groups in total. The molecule has 10 heterocycles. The third-order valence-corrected chi connectivity index (χ3v) is 20.3. The molecular formula is C102H102O28. The van der Waals surface area contributed by atoms with E-state index in [2.05, 4.69) is 12.1 Å². The van der Waals surface area contributed by atoms with Crippen molar-refractivity contribution in [3.05, 3.63) is 343 Å². The Labute approximate surface area is 752 Å². The second-order valence-corrected chi connectivity index (χ2v) is 29.2. The van der Waals surface area contributed by atoms with Gasteiger partial charge in [-0.25, -0.2) is 33.6 Å². The second kappa shape index (κ2) is 49.6. The molecule has 0 aliphatic carbocycles. The van der Waals surface area contributed by atoms with Gasteiger partial charge in [0, 0.05) is 44.2 Å². The van der Waals surface area contributed by atoms with Gasteiger partial charge in [-0.1, -0.05) is 152 Å². The van der Waals surface area contributed by atoms with Crippen LogP contribution in [0.5, 0.6) is 46.0 Å². The molecule has 130 heavy (non-hydrogen) atoms. The van der Waals surface area contributed by atoms with E-state index >= 15 is 0 Å². The van der Waals surface area contributed by atoms with Crippen LogP contribution in [0.4, 0.5) is 0 Å². The number of esters is 5.